The van der Waals surface area contributed by atoms with Crippen molar-refractivity contribution in [2.24, 2.45) is 0 Å². The summed E-state index contributed by atoms with van der Waals surface area (Å²) in [6.07, 6.45) is 0.780. The van der Waals surface area contributed by atoms with Crippen LogP contribution in [0, 0.1) is 0 Å². The molecule has 102 valence electrons. The molecule has 2 aromatic rings. The third-order valence-corrected chi connectivity index (χ3v) is 4.28. The molecule has 0 atom stereocenters. The Morgan fingerprint density at radius 3 is 2.85 bits per heavy atom. The summed E-state index contributed by atoms with van der Waals surface area (Å²) >= 11 is 9.50. The Balaban J connectivity index is 2.00. The van der Waals surface area contributed by atoms with E-state index >= 15 is 0 Å². The topological polar surface area (TPSA) is 46.3 Å². The van der Waals surface area contributed by atoms with Gasteiger partial charge in [0, 0.05) is 28.0 Å². The van der Waals surface area contributed by atoms with Crippen LogP contribution in [0.25, 0.3) is 0 Å². The third kappa shape index (κ3) is 2.19. The van der Waals surface area contributed by atoms with Crippen molar-refractivity contribution in [3.8, 4) is 0 Å². The molecule has 2 N–H and O–H groups in total. The molecule has 5 heteroatoms. The molecular weight excluding hydrogens is 340 g/mol. The van der Waals surface area contributed by atoms with Crippen LogP contribution in [0.15, 0.2) is 40.9 Å². The lowest BCUT2D eigenvalue weighted by atomic mass is 10.1. The van der Waals surface area contributed by atoms with Crippen molar-refractivity contribution in [3.63, 3.8) is 0 Å². The van der Waals surface area contributed by atoms with Gasteiger partial charge in [0.2, 0.25) is 0 Å². The van der Waals surface area contributed by atoms with Crippen LogP contribution in [0.1, 0.15) is 15.9 Å². The average molecular weight is 352 g/mol. The van der Waals surface area contributed by atoms with Gasteiger partial charge in [-0.05, 0) is 36.8 Å². The SMILES string of the molecule is Nc1cccc2c1CCN2C(=O)c1ccc(Br)cc1Cl. The fourth-order valence-corrected chi connectivity index (χ4v) is 3.23. The van der Waals surface area contributed by atoms with Crippen LogP contribution < -0.4 is 10.6 Å². The quantitative estimate of drug-likeness (QED) is 0.792. The highest BCUT2D eigenvalue weighted by molar-refractivity contribution is 9.10. The third-order valence-electron chi connectivity index (χ3n) is 3.47. The zero-order valence-electron chi connectivity index (χ0n) is 10.6. The molecule has 0 saturated heterocycles. The molecule has 3 rings (SSSR count). The number of anilines is 2. The minimum absolute atomic E-state index is 0.0909. The number of carbonyl (C=O) groups excluding carboxylic acids is 1. The number of nitrogens with zero attached hydrogens (tertiary/aromatic N) is 1. The molecule has 3 nitrogen and oxygen atoms in total. The zero-order chi connectivity index (χ0) is 14.3. The first-order valence-corrected chi connectivity index (χ1v) is 7.39. The number of hydrogen-bond donors (Lipinski definition) is 1. The van der Waals surface area contributed by atoms with Gasteiger partial charge in [-0.2, -0.15) is 0 Å². The lowest BCUT2D eigenvalue weighted by molar-refractivity contribution is 0.0989. The van der Waals surface area contributed by atoms with Crippen molar-refractivity contribution in [1.82, 2.24) is 0 Å². The number of benzene rings is 2. The number of rotatable bonds is 1. The smallest absolute Gasteiger partial charge is 0.259 e. The van der Waals surface area contributed by atoms with Crippen molar-refractivity contribution in [3.05, 3.63) is 57.0 Å². The van der Waals surface area contributed by atoms with E-state index in [1.807, 2.05) is 24.3 Å². The molecule has 1 aliphatic rings. The summed E-state index contributed by atoms with van der Waals surface area (Å²) in [5, 5.41) is 0.446. The van der Waals surface area contributed by atoms with Crippen LogP contribution in [0.5, 0.6) is 0 Å². The van der Waals surface area contributed by atoms with E-state index in [0.29, 0.717) is 17.1 Å². The summed E-state index contributed by atoms with van der Waals surface area (Å²) in [4.78, 5) is 14.4. The van der Waals surface area contributed by atoms with E-state index in [0.717, 1.165) is 27.8 Å². The van der Waals surface area contributed by atoms with E-state index in [4.69, 9.17) is 17.3 Å². The molecule has 1 aliphatic heterocycles. The summed E-state index contributed by atoms with van der Waals surface area (Å²) in [7, 11) is 0. The minimum atomic E-state index is -0.0909. The Kier molecular flexibility index (Phi) is 3.44. The maximum Gasteiger partial charge on any atom is 0.259 e. The predicted octanol–water partition coefficient (Wildman–Crippen LogP) is 3.89. The zero-order valence-corrected chi connectivity index (χ0v) is 12.9. The first-order chi connectivity index (χ1) is 9.58. The number of fused-ring (bicyclic) bond motifs is 1. The van der Waals surface area contributed by atoms with Gasteiger partial charge in [0.1, 0.15) is 0 Å². The first kappa shape index (κ1) is 13.5. The summed E-state index contributed by atoms with van der Waals surface area (Å²) < 4.78 is 0.852. The molecule has 2 aromatic carbocycles. The highest BCUT2D eigenvalue weighted by atomic mass is 79.9. The fourth-order valence-electron chi connectivity index (χ4n) is 2.48. The molecule has 0 spiro atoms. The molecular formula is C15H12BrClN2O. The van der Waals surface area contributed by atoms with Gasteiger partial charge in [-0.25, -0.2) is 0 Å². The molecule has 0 aromatic heterocycles. The second kappa shape index (κ2) is 5.11. The molecule has 0 radical (unpaired) electrons. The second-order valence-electron chi connectivity index (χ2n) is 4.68. The van der Waals surface area contributed by atoms with E-state index in [-0.39, 0.29) is 5.91 Å². The molecule has 0 saturated carbocycles. The van der Waals surface area contributed by atoms with Crippen LogP contribution in [-0.4, -0.2) is 12.5 Å². The van der Waals surface area contributed by atoms with Crippen molar-refractivity contribution >= 4 is 44.8 Å². The molecule has 1 amide bonds. The number of hydrogen-bond acceptors (Lipinski definition) is 2. The van der Waals surface area contributed by atoms with E-state index in [1.165, 1.54) is 0 Å². The molecule has 0 unspecified atom stereocenters. The Morgan fingerprint density at radius 2 is 2.10 bits per heavy atom. The summed E-state index contributed by atoms with van der Waals surface area (Å²) in [5.74, 6) is -0.0909. The molecule has 1 heterocycles. The van der Waals surface area contributed by atoms with Gasteiger partial charge in [0.15, 0.2) is 0 Å². The van der Waals surface area contributed by atoms with Crippen LogP contribution >= 0.6 is 27.5 Å². The van der Waals surface area contributed by atoms with Crippen molar-refractivity contribution in [2.45, 2.75) is 6.42 Å². The van der Waals surface area contributed by atoms with Gasteiger partial charge in [-0.3, -0.25) is 4.79 Å². The standard InChI is InChI=1S/C15H12BrClN2O/c16-9-4-5-10(12(17)8-9)15(20)19-7-6-11-13(18)2-1-3-14(11)19/h1-5,8H,6-7,18H2. The fraction of sp³-hybridized carbons (Fsp3) is 0.133. The molecule has 0 aliphatic carbocycles. The van der Waals surface area contributed by atoms with Crippen molar-refractivity contribution in [2.75, 3.05) is 17.2 Å². The Bertz CT molecular complexity index is 702. The maximum atomic E-state index is 12.6. The Morgan fingerprint density at radius 1 is 1.30 bits per heavy atom. The Hall–Kier alpha value is -1.52. The number of carbonyl (C=O) groups is 1. The van der Waals surface area contributed by atoms with Crippen LogP contribution in [0.4, 0.5) is 11.4 Å². The average Bonchev–Trinajstić information content (AvgIpc) is 2.83. The lowest BCUT2D eigenvalue weighted by Gasteiger charge is -2.18. The molecule has 0 bridgehead atoms. The summed E-state index contributed by atoms with van der Waals surface area (Å²) in [5.41, 5.74) is 9.11. The summed E-state index contributed by atoms with van der Waals surface area (Å²) in [6.45, 7) is 0.634. The van der Waals surface area contributed by atoms with Gasteiger partial charge in [0.05, 0.1) is 10.6 Å². The van der Waals surface area contributed by atoms with Crippen LogP contribution in [0.2, 0.25) is 5.02 Å². The first-order valence-electron chi connectivity index (χ1n) is 6.22. The Labute approximate surface area is 130 Å². The number of nitrogens with two attached hydrogens (primary N) is 1. The van der Waals surface area contributed by atoms with Gasteiger partial charge in [-0.1, -0.05) is 33.6 Å². The van der Waals surface area contributed by atoms with Gasteiger partial charge in [-0.15, -0.1) is 0 Å². The second-order valence-corrected chi connectivity index (χ2v) is 6.00. The predicted molar refractivity (Wildman–Crippen MR) is 85.4 cm³/mol. The van der Waals surface area contributed by atoms with E-state index in [9.17, 15) is 4.79 Å². The van der Waals surface area contributed by atoms with Crippen molar-refractivity contribution < 1.29 is 4.79 Å². The summed E-state index contributed by atoms with van der Waals surface area (Å²) in [6, 6.07) is 10.9. The molecule has 0 fully saturated rings. The van der Waals surface area contributed by atoms with Gasteiger partial charge >= 0.3 is 0 Å². The maximum absolute atomic E-state index is 12.6. The highest BCUT2D eigenvalue weighted by Crippen LogP contribution is 2.34. The van der Waals surface area contributed by atoms with Gasteiger partial charge < -0.3 is 10.6 Å². The lowest BCUT2D eigenvalue weighted by Crippen LogP contribution is -2.29. The number of amides is 1. The number of halogens is 2. The van der Waals surface area contributed by atoms with E-state index in [2.05, 4.69) is 15.9 Å². The van der Waals surface area contributed by atoms with Crippen LogP contribution in [-0.2, 0) is 6.42 Å². The highest BCUT2D eigenvalue weighted by Gasteiger charge is 2.27. The van der Waals surface area contributed by atoms with E-state index in [1.54, 1.807) is 17.0 Å². The molecule has 20 heavy (non-hydrogen) atoms. The largest absolute Gasteiger partial charge is 0.398 e. The number of nitrogen functional groups attached to an aromatic ring is 1. The minimum Gasteiger partial charge on any atom is -0.398 e. The van der Waals surface area contributed by atoms with Crippen molar-refractivity contribution in [1.29, 1.82) is 0 Å². The van der Waals surface area contributed by atoms with Crippen LogP contribution in [0.3, 0.4) is 0 Å². The van der Waals surface area contributed by atoms with Gasteiger partial charge in [0.25, 0.3) is 5.91 Å². The normalized spacial score (nSPS) is 13.4. The van der Waals surface area contributed by atoms with E-state index < -0.39 is 0 Å². The monoisotopic (exact) mass is 350 g/mol.